The molecule has 0 aromatic heterocycles. The van der Waals surface area contributed by atoms with E-state index in [1.165, 1.54) is 0 Å². The Labute approximate surface area is 154 Å². The minimum absolute atomic E-state index is 0.0723. The highest BCUT2D eigenvalue weighted by molar-refractivity contribution is 7.77. The van der Waals surface area contributed by atoms with Gasteiger partial charge in [0.1, 0.15) is 16.4 Å². The van der Waals surface area contributed by atoms with E-state index in [-0.39, 0.29) is 17.3 Å². The first-order valence-electron chi connectivity index (χ1n) is 9.07. The summed E-state index contributed by atoms with van der Waals surface area (Å²) in [7, 11) is 0. The van der Waals surface area contributed by atoms with Crippen LogP contribution in [0.5, 0.6) is 0 Å². The number of ether oxygens (including phenoxy) is 1. The summed E-state index contributed by atoms with van der Waals surface area (Å²) in [6.45, 7) is 12.6. The summed E-state index contributed by atoms with van der Waals surface area (Å²) in [6.07, 6.45) is 1.29. The summed E-state index contributed by atoms with van der Waals surface area (Å²) in [5.74, 6) is -2.69. The fraction of sp³-hybridized carbons (Fsp3) is 0.944. The van der Waals surface area contributed by atoms with Gasteiger partial charge >= 0.3 is 6.09 Å². The van der Waals surface area contributed by atoms with Crippen molar-refractivity contribution in [2.24, 2.45) is 5.41 Å². The molecule has 7 heteroatoms. The summed E-state index contributed by atoms with van der Waals surface area (Å²) in [6, 6.07) is -0.818. The topological polar surface area (TPSA) is 41.6 Å². The highest BCUT2D eigenvalue weighted by Crippen LogP contribution is 2.53. The zero-order valence-corrected chi connectivity index (χ0v) is 17.2. The van der Waals surface area contributed by atoms with Crippen molar-refractivity contribution in [2.75, 3.05) is 13.1 Å². The molecule has 25 heavy (non-hydrogen) atoms. The number of halogens is 2. The smallest absolute Gasteiger partial charge is 0.410 e. The van der Waals surface area contributed by atoms with Gasteiger partial charge in [-0.15, -0.1) is 4.72 Å². The van der Waals surface area contributed by atoms with Crippen LogP contribution in [0.2, 0.25) is 0 Å². The van der Waals surface area contributed by atoms with Crippen LogP contribution in [0.3, 0.4) is 0 Å². The van der Waals surface area contributed by atoms with Gasteiger partial charge in [-0.25, -0.2) is 13.6 Å². The number of alkyl halides is 2. The van der Waals surface area contributed by atoms with Crippen molar-refractivity contribution in [3.8, 4) is 0 Å². The lowest BCUT2D eigenvalue weighted by Crippen LogP contribution is -2.56. The predicted molar refractivity (Wildman–Crippen MR) is 99.1 cm³/mol. The highest BCUT2D eigenvalue weighted by atomic mass is 32.2. The molecule has 1 saturated carbocycles. The molecular formula is C18H33F2N2O2S+. The Morgan fingerprint density at radius 1 is 1.08 bits per heavy atom. The maximum atomic E-state index is 14.5. The van der Waals surface area contributed by atoms with Crippen LogP contribution in [0.25, 0.3) is 0 Å². The average Bonchev–Trinajstić information content (AvgIpc) is 2.66. The standard InChI is InChI=1S/C18H32F2N2O2S/c1-15(2,3)24-14(23)22-11-9-17(10-12-22)7-8-18(19,20)13(17)21-25-16(4,5)6/h13,21H,7-12H2,1-6H3/p+1/t13-/m0/s1. The van der Waals surface area contributed by atoms with Gasteiger partial charge in [0.2, 0.25) is 0 Å². The van der Waals surface area contributed by atoms with Crippen molar-refractivity contribution in [3.63, 3.8) is 0 Å². The zero-order chi connectivity index (χ0) is 19.1. The first-order chi connectivity index (χ1) is 11.2. The Morgan fingerprint density at radius 3 is 2.12 bits per heavy atom. The van der Waals surface area contributed by atoms with Crippen LogP contribution in [-0.2, 0) is 16.7 Å². The molecule has 1 heterocycles. The van der Waals surface area contributed by atoms with Crippen LogP contribution in [0.1, 0.15) is 67.2 Å². The van der Waals surface area contributed by atoms with Crippen LogP contribution in [0, 0.1) is 5.41 Å². The number of hydrogen-bond donors (Lipinski definition) is 1. The predicted octanol–water partition coefficient (Wildman–Crippen LogP) is 3.92. The van der Waals surface area contributed by atoms with E-state index in [0.717, 1.165) is 11.9 Å². The van der Waals surface area contributed by atoms with Crippen LogP contribution < -0.4 is 4.72 Å². The van der Waals surface area contributed by atoms with Gasteiger partial charge in [-0.1, -0.05) is 0 Å². The number of rotatable bonds is 2. The first kappa shape index (κ1) is 20.7. The Balaban J connectivity index is 2.03. The molecule has 1 spiro atoms. The third-order valence-corrected chi connectivity index (χ3v) is 5.99. The Morgan fingerprint density at radius 2 is 1.64 bits per heavy atom. The third kappa shape index (κ3) is 5.22. The number of piperidine rings is 1. The highest BCUT2D eigenvalue weighted by Gasteiger charge is 2.61. The molecule has 1 aliphatic carbocycles. The zero-order valence-electron chi connectivity index (χ0n) is 16.3. The number of amides is 1. The minimum Gasteiger partial charge on any atom is -0.444 e. The lowest BCUT2D eigenvalue weighted by molar-refractivity contribution is -0.0424. The van der Waals surface area contributed by atoms with E-state index in [4.69, 9.17) is 4.74 Å². The number of likely N-dealkylation sites (tertiary alicyclic amines) is 1. The van der Waals surface area contributed by atoms with Gasteiger partial charge in [-0.3, -0.25) is 0 Å². The molecule has 146 valence electrons. The van der Waals surface area contributed by atoms with Gasteiger partial charge in [0.25, 0.3) is 5.92 Å². The molecule has 0 aromatic carbocycles. The first-order valence-corrected chi connectivity index (χ1v) is 9.97. The maximum Gasteiger partial charge on any atom is 0.410 e. The molecule has 1 aliphatic heterocycles. The summed E-state index contributed by atoms with van der Waals surface area (Å²) >= 11 is 0.834. The second-order valence-electron chi connectivity index (χ2n) is 9.44. The van der Waals surface area contributed by atoms with Gasteiger partial charge in [-0.05, 0) is 66.2 Å². The van der Waals surface area contributed by atoms with Crippen molar-refractivity contribution in [1.82, 2.24) is 9.62 Å². The largest absolute Gasteiger partial charge is 0.444 e. The molecule has 1 atom stereocenters. The summed E-state index contributed by atoms with van der Waals surface area (Å²) in [5, 5.41) is 0. The molecule has 1 amide bonds. The minimum atomic E-state index is -2.69. The van der Waals surface area contributed by atoms with Crippen LogP contribution in [0.15, 0.2) is 0 Å². The number of hydrogen-bond acceptors (Lipinski definition) is 3. The van der Waals surface area contributed by atoms with E-state index < -0.39 is 23.0 Å². The second-order valence-corrected chi connectivity index (χ2v) is 11.3. The van der Waals surface area contributed by atoms with Gasteiger partial charge < -0.3 is 9.64 Å². The molecule has 0 aromatic rings. The van der Waals surface area contributed by atoms with Crippen molar-refractivity contribution < 1.29 is 18.3 Å². The Bertz CT molecular complexity index is 492. The van der Waals surface area contributed by atoms with Crippen LogP contribution in [-0.4, -0.2) is 46.4 Å². The van der Waals surface area contributed by atoms with E-state index in [2.05, 4.69) is 4.72 Å². The maximum absolute atomic E-state index is 14.5. The number of carbonyl (C=O) groups is 1. The van der Waals surface area contributed by atoms with Crippen molar-refractivity contribution in [2.45, 2.75) is 89.5 Å². The van der Waals surface area contributed by atoms with Gasteiger partial charge in [-0.2, -0.15) is 0 Å². The molecule has 0 bridgehead atoms. The lowest BCUT2D eigenvalue weighted by Gasteiger charge is -2.43. The molecule has 2 fully saturated rings. The Kier molecular flexibility index (Phi) is 5.70. The second kappa shape index (κ2) is 6.87. The van der Waals surface area contributed by atoms with E-state index >= 15 is 0 Å². The summed E-state index contributed by atoms with van der Waals surface area (Å²) in [5.41, 5.74) is -0.970. The molecule has 0 unspecified atom stereocenters. The SMILES string of the molecule is CC(C)(C)OC(=O)N1CCC2(CC1)CCC(F)(F)[C@H]2N[SH+]C(C)(C)C. The van der Waals surface area contributed by atoms with E-state index in [1.807, 2.05) is 41.5 Å². The van der Waals surface area contributed by atoms with Crippen molar-refractivity contribution in [1.29, 1.82) is 0 Å². The lowest BCUT2D eigenvalue weighted by atomic mass is 9.74. The van der Waals surface area contributed by atoms with E-state index in [9.17, 15) is 13.6 Å². The van der Waals surface area contributed by atoms with Gasteiger partial charge in [0.05, 0.1) is 11.9 Å². The van der Waals surface area contributed by atoms with Gasteiger partial charge in [0.15, 0.2) is 0 Å². The number of carbonyl (C=O) groups excluding carboxylic acids is 1. The molecular weight excluding hydrogens is 346 g/mol. The summed E-state index contributed by atoms with van der Waals surface area (Å²) in [4.78, 5) is 13.9. The van der Waals surface area contributed by atoms with E-state index in [0.29, 0.717) is 32.4 Å². The fourth-order valence-electron chi connectivity index (χ4n) is 3.64. The quantitative estimate of drug-likeness (QED) is 0.584. The van der Waals surface area contributed by atoms with Crippen LogP contribution in [0.4, 0.5) is 13.6 Å². The molecule has 2 rings (SSSR count). The molecule has 4 nitrogen and oxygen atoms in total. The van der Waals surface area contributed by atoms with Gasteiger partial charge in [0, 0.05) is 19.5 Å². The normalized spacial score (nSPS) is 26.1. The number of nitrogens with one attached hydrogen (secondary N) is 1. The van der Waals surface area contributed by atoms with Crippen molar-refractivity contribution >= 4 is 18.0 Å². The monoisotopic (exact) mass is 379 g/mol. The van der Waals surface area contributed by atoms with E-state index in [1.54, 1.807) is 4.90 Å². The Hall–Kier alpha value is -0.560. The van der Waals surface area contributed by atoms with Crippen LogP contribution >= 0.6 is 0 Å². The molecule has 1 saturated heterocycles. The molecule has 2 aliphatic rings. The third-order valence-electron chi connectivity index (χ3n) is 4.93. The van der Waals surface area contributed by atoms with Crippen molar-refractivity contribution in [3.05, 3.63) is 0 Å². The molecule has 0 radical (unpaired) electrons. The molecule has 1 N–H and O–H groups in total. The summed E-state index contributed by atoms with van der Waals surface area (Å²) < 4.78 is 37.5. The number of nitrogens with zero attached hydrogens (tertiary/aromatic N) is 1. The average molecular weight is 380 g/mol. The fourth-order valence-corrected chi connectivity index (χ4v) is 4.62. The number of thiol groups is 1.